The molecule has 8 heteroatoms. The quantitative estimate of drug-likeness (QED) is 0.647. The molecule has 0 aliphatic heterocycles. The first kappa shape index (κ1) is 21.6. The normalized spacial score (nSPS) is 9.97. The molecular weight excluding hydrogens is 376 g/mol. The van der Waals surface area contributed by atoms with Crippen LogP contribution in [0.3, 0.4) is 0 Å². The Labute approximate surface area is 168 Å². The number of benzene rings is 2. The zero-order valence-corrected chi connectivity index (χ0v) is 16.3. The average molecular weight is 398 g/mol. The Hall–Kier alpha value is -3.73. The molecule has 0 aliphatic carbocycles. The van der Waals surface area contributed by atoms with Gasteiger partial charge in [0.25, 0.3) is 5.91 Å². The van der Waals surface area contributed by atoms with E-state index in [4.69, 9.17) is 19.5 Å². The first-order valence-electron chi connectivity index (χ1n) is 8.94. The average Bonchev–Trinajstić information content (AvgIpc) is 2.74. The molecule has 0 radical (unpaired) electrons. The van der Waals surface area contributed by atoms with Gasteiger partial charge in [-0.2, -0.15) is 5.26 Å². The van der Waals surface area contributed by atoms with Crippen LogP contribution in [0.4, 0.5) is 5.69 Å². The second kappa shape index (κ2) is 10.6. The number of aromatic hydroxyl groups is 1. The molecule has 0 bridgehead atoms. The molecule has 2 aromatic rings. The first-order valence-corrected chi connectivity index (χ1v) is 8.94. The van der Waals surface area contributed by atoms with Gasteiger partial charge in [0, 0.05) is 12.2 Å². The molecule has 1 N–H and O–H groups in total. The zero-order valence-electron chi connectivity index (χ0n) is 16.3. The summed E-state index contributed by atoms with van der Waals surface area (Å²) >= 11 is 0. The second-order valence-electron chi connectivity index (χ2n) is 5.84. The van der Waals surface area contributed by atoms with E-state index in [2.05, 4.69) is 0 Å². The molecule has 8 nitrogen and oxygen atoms in total. The number of ether oxygens (including phenoxy) is 3. The number of hydrogen-bond acceptors (Lipinski definition) is 7. The van der Waals surface area contributed by atoms with Crippen molar-refractivity contribution in [1.82, 2.24) is 0 Å². The van der Waals surface area contributed by atoms with E-state index in [9.17, 15) is 14.7 Å². The Morgan fingerprint density at radius 3 is 2.45 bits per heavy atom. The lowest BCUT2D eigenvalue weighted by Gasteiger charge is -2.22. The van der Waals surface area contributed by atoms with Gasteiger partial charge in [0.2, 0.25) is 0 Å². The SMILES string of the molecule is CCOc1ccc(N(CCC#N)C(=O)COC(=O)c2cc(OC)ccc2O)cc1. The maximum Gasteiger partial charge on any atom is 0.342 e. The number of hydrogen-bond donors (Lipinski definition) is 1. The summed E-state index contributed by atoms with van der Waals surface area (Å²) in [7, 11) is 1.43. The Kier molecular flexibility index (Phi) is 7.86. The molecule has 152 valence electrons. The van der Waals surface area contributed by atoms with E-state index in [0.717, 1.165) is 0 Å². The summed E-state index contributed by atoms with van der Waals surface area (Å²) < 4.78 is 15.5. The van der Waals surface area contributed by atoms with Crippen molar-refractivity contribution in [2.75, 3.05) is 31.8 Å². The van der Waals surface area contributed by atoms with Gasteiger partial charge in [-0.15, -0.1) is 0 Å². The molecule has 29 heavy (non-hydrogen) atoms. The van der Waals surface area contributed by atoms with Crippen LogP contribution in [0.5, 0.6) is 17.2 Å². The van der Waals surface area contributed by atoms with E-state index in [-0.39, 0.29) is 24.3 Å². The smallest absolute Gasteiger partial charge is 0.342 e. The molecular formula is C21H22N2O6. The van der Waals surface area contributed by atoms with Gasteiger partial charge in [0.15, 0.2) is 6.61 Å². The van der Waals surface area contributed by atoms with Crippen molar-refractivity contribution in [3.63, 3.8) is 0 Å². The van der Waals surface area contributed by atoms with Crippen LogP contribution in [0, 0.1) is 11.3 Å². The highest BCUT2D eigenvalue weighted by molar-refractivity contribution is 5.98. The van der Waals surface area contributed by atoms with Gasteiger partial charge in [-0.05, 0) is 49.4 Å². The molecule has 0 unspecified atom stereocenters. The number of anilines is 1. The van der Waals surface area contributed by atoms with Gasteiger partial charge >= 0.3 is 5.97 Å². The maximum absolute atomic E-state index is 12.6. The Balaban J connectivity index is 2.09. The molecule has 0 spiro atoms. The third kappa shape index (κ3) is 5.87. The van der Waals surface area contributed by atoms with Gasteiger partial charge in [-0.25, -0.2) is 4.79 Å². The number of nitriles is 1. The van der Waals surface area contributed by atoms with E-state index in [1.54, 1.807) is 24.3 Å². The predicted molar refractivity (Wildman–Crippen MR) is 105 cm³/mol. The fourth-order valence-electron chi connectivity index (χ4n) is 2.54. The summed E-state index contributed by atoms with van der Waals surface area (Å²) in [6.45, 7) is 1.98. The largest absolute Gasteiger partial charge is 0.507 e. The van der Waals surface area contributed by atoms with Gasteiger partial charge < -0.3 is 24.2 Å². The third-order valence-electron chi connectivity index (χ3n) is 3.96. The summed E-state index contributed by atoms with van der Waals surface area (Å²) in [4.78, 5) is 26.2. The van der Waals surface area contributed by atoms with Crippen LogP contribution in [-0.4, -0.2) is 43.9 Å². The fraction of sp³-hybridized carbons (Fsp3) is 0.286. The van der Waals surface area contributed by atoms with Crippen molar-refractivity contribution in [1.29, 1.82) is 5.26 Å². The fourth-order valence-corrected chi connectivity index (χ4v) is 2.54. The van der Waals surface area contributed by atoms with Crippen molar-refractivity contribution < 1.29 is 28.9 Å². The van der Waals surface area contributed by atoms with Gasteiger partial charge in [-0.1, -0.05) is 0 Å². The molecule has 0 aliphatic rings. The molecule has 0 saturated heterocycles. The van der Waals surface area contributed by atoms with Crippen molar-refractivity contribution in [2.24, 2.45) is 0 Å². The van der Waals surface area contributed by atoms with E-state index < -0.39 is 18.5 Å². The molecule has 0 saturated carbocycles. The van der Waals surface area contributed by atoms with Crippen LogP contribution in [0.1, 0.15) is 23.7 Å². The van der Waals surface area contributed by atoms with Crippen LogP contribution in [0.2, 0.25) is 0 Å². The first-order chi connectivity index (χ1) is 14.0. The summed E-state index contributed by atoms with van der Waals surface area (Å²) in [5.74, 6) is -0.618. The van der Waals surface area contributed by atoms with Gasteiger partial charge in [0.1, 0.15) is 22.8 Å². The number of methoxy groups -OCH3 is 1. The van der Waals surface area contributed by atoms with E-state index in [1.165, 1.54) is 30.2 Å². The Morgan fingerprint density at radius 1 is 1.14 bits per heavy atom. The minimum Gasteiger partial charge on any atom is -0.507 e. The molecule has 0 atom stereocenters. The molecule has 1 amide bonds. The molecule has 2 aromatic carbocycles. The second-order valence-corrected chi connectivity index (χ2v) is 5.84. The van der Waals surface area contributed by atoms with Crippen LogP contribution < -0.4 is 14.4 Å². The van der Waals surface area contributed by atoms with Gasteiger partial charge in [0.05, 0.1) is 26.2 Å². The van der Waals surface area contributed by atoms with Crippen molar-refractivity contribution in [3.8, 4) is 23.3 Å². The number of carbonyl (C=O) groups is 2. The standard InChI is InChI=1S/C21H22N2O6/c1-3-28-16-7-5-15(6-8-16)23(12-4-11-22)20(25)14-29-21(26)18-13-17(27-2)9-10-19(18)24/h5-10,13,24H,3-4,12,14H2,1-2H3. The highest BCUT2D eigenvalue weighted by atomic mass is 16.5. The highest BCUT2D eigenvalue weighted by Crippen LogP contribution is 2.24. The molecule has 0 heterocycles. The zero-order chi connectivity index (χ0) is 21.2. The summed E-state index contributed by atoms with van der Waals surface area (Å²) in [5.41, 5.74) is 0.441. The van der Waals surface area contributed by atoms with Crippen LogP contribution >= 0.6 is 0 Å². The number of phenols is 1. The predicted octanol–water partition coefficient (Wildman–Crippen LogP) is 2.90. The third-order valence-corrected chi connectivity index (χ3v) is 3.96. The van der Waals surface area contributed by atoms with Crippen molar-refractivity contribution in [3.05, 3.63) is 48.0 Å². The highest BCUT2D eigenvalue weighted by Gasteiger charge is 2.20. The summed E-state index contributed by atoms with van der Waals surface area (Å²) in [5, 5.41) is 18.7. The summed E-state index contributed by atoms with van der Waals surface area (Å²) in [6.07, 6.45) is 0.115. The van der Waals surface area contributed by atoms with Crippen LogP contribution in [-0.2, 0) is 9.53 Å². The lowest BCUT2D eigenvalue weighted by atomic mass is 10.2. The number of carbonyl (C=O) groups excluding carboxylic acids is 2. The van der Waals surface area contributed by atoms with Crippen LogP contribution in [0.25, 0.3) is 0 Å². The Bertz CT molecular complexity index is 889. The monoisotopic (exact) mass is 398 g/mol. The number of amides is 1. The number of esters is 1. The number of rotatable bonds is 9. The van der Waals surface area contributed by atoms with Gasteiger partial charge in [-0.3, -0.25) is 4.79 Å². The Morgan fingerprint density at radius 2 is 1.83 bits per heavy atom. The maximum atomic E-state index is 12.6. The molecule has 0 fully saturated rings. The lowest BCUT2D eigenvalue weighted by Crippen LogP contribution is -2.35. The molecule has 0 aromatic heterocycles. The van der Waals surface area contributed by atoms with E-state index in [0.29, 0.717) is 23.8 Å². The van der Waals surface area contributed by atoms with E-state index >= 15 is 0 Å². The molecule has 2 rings (SSSR count). The lowest BCUT2D eigenvalue weighted by molar-refractivity contribution is -0.121. The van der Waals surface area contributed by atoms with Crippen molar-refractivity contribution in [2.45, 2.75) is 13.3 Å². The minimum absolute atomic E-state index is 0.109. The number of phenolic OH excluding ortho intramolecular Hbond substituents is 1. The van der Waals surface area contributed by atoms with Crippen LogP contribution in [0.15, 0.2) is 42.5 Å². The minimum atomic E-state index is -0.860. The number of nitrogens with zero attached hydrogens (tertiary/aromatic N) is 2. The van der Waals surface area contributed by atoms with Crippen molar-refractivity contribution >= 4 is 17.6 Å². The van der Waals surface area contributed by atoms with E-state index in [1.807, 2.05) is 13.0 Å². The summed E-state index contributed by atoms with van der Waals surface area (Å²) in [6, 6.07) is 12.9. The topological polar surface area (TPSA) is 109 Å².